The zero-order valence-electron chi connectivity index (χ0n) is 35.0. The van der Waals surface area contributed by atoms with Crippen molar-refractivity contribution in [2.24, 2.45) is 5.92 Å². The normalized spacial score (nSPS) is 18.9. The zero-order valence-corrected chi connectivity index (χ0v) is 36.1. The molecule has 1 fully saturated rings. The molecule has 6 aromatic carbocycles. The van der Waals surface area contributed by atoms with Crippen LogP contribution < -0.4 is 5.32 Å². The third-order valence-corrected chi connectivity index (χ3v) is 10.3. The Morgan fingerprint density at radius 3 is 1.64 bits per heavy atom. The fourth-order valence-corrected chi connectivity index (χ4v) is 6.94. The van der Waals surface area contributed by atoms with E-state index in [1.54, 1.807) is 0 Å². The molecule has 0 aromatic heterocycles. The van der Waals surface area contributed by atoms with Gasteiger partial charge in [-0.05, 0) is 35.1 Å². The number of unbranched alkanes of at least 4 members (excludes halogenated alkanes) is 1. The van der Waals surface area contributed by atoms with E-state index in [-0.39, 0.29) is 36.2 Å². The molecule has 1 aliphatic rings. The number of benzene rings is 4. The van der Waals surface area contributed by atoms with Gasteiger partial charge in [-0.1, -0.05) is 135 Å². The van der Waals surface area contributed by atoms with Gasteiger partial charge in [-0.25, -0.2) is 24.3 Å². The van der Waals surface area contributed by atoms with Crippen molar-refractivity contribution in [3.8, 4) is 0 Å². The maximum atomic E-state index is 13.2. The molecule has 0 aliphatic carbocycles. The molecule has 0 bridgehead atoms. The first-order valence-electron chi connectivity index (χ1n) is 21.1. The van der Waals surface area contributed by atoms with Crippen LogP contribution in [0.25, 0.3) is 0 Å². The average Bonchev–Trinajstić information content (AvgIpc) is 4.07. The van der Waals surface area contributed by atoms with Crippen LogP contribution in [0.1, 0.15) is 47.6 Å². The first-order chi connectivity index (χ1) is 29.6. The maximum Gasteiger partial charge on any atom is 2.00 e. The van der Waals surface area contributed by atoms with Gasteiger partial charge in [-0.15, -0.1) is 0 Å². The molecule has 1 aliphatic heterocycles. The van der Waals surface area contributed by atoms with Crippen LogP contribution in [-0.4, -0.2) is 56.4 Å². The summed E-state index contributed by atoms with van der Waals surface area (Å²) in [5, 5.41) is 3.09. The van der Waals surface area contributed by atoms with Crippen LogP contribution in [-0.2, 0) is 83.1 Å². The Balaban J connectivity index is 0.00000109. The van der Waals surface area contributed by atoms with Crippen LogP contribution in [0.5, 0.6) is 0 Å². The number of carbonyl (C=O) groups excluding carboxylic acids is 1. The molecular formula is C52H59FeNO7. The Morgan fingerprint density at radius 2 is 1.13 bits per heavy atom. The molecule has 1 heterocycles. The second-order valence-corrected chi connectivity index (χ2v) is 15.1. The van der Waals surface area contributed by atoms with E-state index in [4.69, 9.17) is 28.4 Å². The summed E-state index contributed by atoms with van der Waals surface area (Å²) < 4.78 is 39.9. The van der Waals surface area contributed by atoms with Gasteiger partial charge in [0.1, 0.15) is 24.4 Å². The summed E-state index contributed by atoms with van der Waals surface area (Å²) in [5.74, 6) is -0.480. The van der Waals surface area contributed by atoms with Gasteiger partial charge in [0, 0.05) is 6.54 Å². The molecule has 0 radical (unpaired) electrons. The van der Waals surface area contributed by atoms with Crippen molar-refractivity contribution in [1.82, 2.24) is 5.32 Å². The summed E-state index contributed by atoms with van der Waals surface area (Å²) in [6, 6.07) is 58.5. The Labute approximate surface area is 372 Å². The van der Waals surface area contributed by atoms with Crippen molar-refractivity contribution in [3.05, 3.63) is 204 Å². The molecule has 1 saturated heterocycles. The van der Waals surface area contributed by atoms with E-state index < -0.39 is 36.6 Å². The van der Waals surface area contributed by atoms with Gasteiger partial charge >= 0.3 is 17.1 Å². The van der Waals surface area contributed by atoms with Crippen molar-refractivity contribution < 1.29 is 50.3 Å². The predicted molar refractivity (Wildman–Crippen MR) is 235 cm³/mol. The number of amides is 1. The van der Waals surface area contributed by atoms with Crippen LogP contribution in [0.2, 0.25) is 0 Å². The van der Waals surface area contributed by atoms with E-state index in [0.717, 1.165) is 41.5 Å². The number of hydrogen-bond donors (Lipinski definition) is 1. The minimum atomic E-state index is -0.869. The fourth-order valence-electron chi connectivity index (χ4n) is 6.94. The molecule has 322 valence electrons. The number of rotatable bonds is 22. The molecule has 0 saturated carbocycles. The number of nitrogens with one attached hydrogen (secondary N) is 1. The average molecular weight is 866 g/mol. The first-order valence-corrected chi connectivity index (χ1v) is 21.1. The Kier molecular flexibility index (Phi) is 21.2. The summed E-state index contributed by atoms with van der Waals surface area (Å²) in [6.45, 7) is 4.24. The van der Waals surface area contributed by atoms with E-state index in [1.165, 1.54) is 5.56 Å². The molecule has 9 heteroatoms. The van der Waals surface area contributed by atoms with E-state index in [1.807, 2.05) is 159 Å². The number of aryl methyl sites for hydroxylation is 1. The SMILES string of the molecule is C[C@H](CO[C@@H]1O[C@H](COCc2ccccc2)[C@@H](OCc2ccccc2)[C@H](OCc2ccccc2)[C@@H]1OCc1ccccc1)C(=O)NCCCCc1ccc[cH-]1.[Fe+2].c1cc[cH-]c1. The molecule has 8 nitrogen and oxygen atoms in total. The topological polar surface area (TPSA) is 84.5 Å². The van der Waals surface area contributed by atoms with Crippen LogP contribution in [0.15, 0.2) is 176 Å². The van der Waals surface area contributed by atoms with Crippen molar-refractivity contribution in [2.45, 2.75) is 83.3 Å². The van der Waals surface area contributed by atoms with Gasteiger partial charge in [0.15, 0.2) is 6.29 Å². The van der Waals surface area contributed by atoms with Gasteiger partial charge in [0.05, 0.1) is 45.6 Å². The van der Waals surface area contributed by atoms with Gasteiger partial charge in [0.2, 0.25) is 5.91 Å². The van der Waals surface area contributed by atoms with E-state index >= 15 is 0 Å². The number of hydrogen-bond acceptors (Lipinski definition) is 7. The van der Waals surface area contributed by atoms with E-state index in [2.05, 4.69) is 29.6 Å². The quantitative estimate of drug-likeness (QED) is 0.0414. The number of carbonyl (C=O) groups is 1. The molecule has 1 amide bonds. The first kappa shape index (κ1) is 47.4. The summed E-state index contributed by atoms with van der Waals surface area (Å²) in [5.41, 5.74) is 5.43. The molecule has 0 unspecified atom stereocenters. The largest absolute Gasteiger partial charge is 2.00 e. The monoisotopic (exact) mass is 865 g/mol. The summed E-state index contributed by atoms with van der Waals surface area (Å²) >= 11 is 0. The van der Waals surface area contributed by atoms with Gasteiger partial charge in [-0.2, -0.15) is 35.9 Å². The predicted octanol–water partition coefficient (Wildman–Crippen LogP) is 9.60. The zero-order chi connectivity index (χ0) is 41.5. The molecule has 6 atom stereocenters. The molecule has 7 rings (SSSR count). The number of ether oxygens (including phenoxy) is 6. The summed E-state index contributed by atoms with van der Waals surface area (Å²) in [4.78, 5) is 13.2. The minimum Gasteiger partial charge on any atom is -0.374 e. The van der Waals surface area contributed by atoms with E-state index in [0.29, 0.717) is 33.0 Å². The third kappa shape index (κ3) is 16.6. The second kappa shape index (κ2) is 27.3. The summed E-state index contributed by atoms with van der Waals surface area (Å²) in [6.07, 6.45) is -0.394. The van der Waals surface area contributed by atoms with Crippen LogP contribution in [0, 0.1) is 5.92 Å². The van der Waals surface area contributed by atoms with Crippen LogP contribution in [0.4, 0.5) is 0 Å². The Morgan fingerprint density at radius 1 is 0.607 bits per heavy atom. The molecule has 0 spiro atoms. The van der Waals surface area contributed by atoms with Gasteiger partial charge in [-0.3, -0.25) is 4.79 Å². The summed E-state index contributed by atoms with van der Waals surface area (Å²) in [7, 11) is 0. The molecule has 6 aromatic rings. The second-order valence-electron chi connectivity index (χ2n) is 15.1. The molecule has 61 heavy (non-hydrogen) atoms. The fraction of sp³-hybridized carbons (Fsp3) is 0.327. The van der Waals surface area contributed by atoms with Crippen LogP contribution >= 0.6 is 0 Å². The Hall–Kier alpha value is -4.67. The third-order valence-electron chi connectivity index (χ3n) is 10.3. The molecular weight excluding hydrogens is 806 g/mol. The standard InChI is InChI=1S/C47H54NO7.C5H5.Fe/c1-36(46(49)48-29-17-16-20-37-18-14-15-19-37)30-54-47-45(53-34-41-27-12-5-13-28-41)44(52-33-40-25-10-4-11-26-40)43(51-32-39-23-8-3-9-24-39)42(55-47)35-50-31-38-21-6-2-7-22-38;1-2-4-5-3-1;/h2-15,18-19,21-28,36,42-45,47H,16-17,20,29-35H2,1H3,(H,48,49);1-5H;/q2*-1;+2/t36-,42-,43-,44+,45+,47-;;/m1../s1. The Bertz CT molecular complexity index is 1950. The van der Waals surface area contributed by atoms with Crippen molar-refractivity contribution in [2.75, 3.05) is 19.8 Å². The van der Waals surface area contributed by atoms with Crippen molar-refractivity contribution in [3.63, 3.8) is 0 Å². The molecule has 1 N–H and O–H groups in total. The maximum absolute atomic E-state index is 13.2. The smallest absolute Gasteiger partial charge is 0.374 e. The van der Waals surface area contributed by atoms with Gasteiger partial charge < -0.3 is 33.7 Å². The van der Waals surface area contributed by atoms with Crippen molar-refractivity contribution >= 4 is 5.91 Å². The van der Waals surface area contributed by atoms with E-state index in [9.17, 15) is 4.79 Å². The van der Waals surface area contributed by atoms with Gasteiger partial charge in [0.25, 0.3) is 0 Å². The van der Waals surface area contributed by atoms with Crippen LogP contribution in [0.3, 0.4) is 0 Å². The minimum absolute atomic E-state index is 0. The van der Waals surface area contributed by atoms with Crippen molar-refractivity contribution in [1.29, 1.82) is 0 Å².